The number of hydrogen-bond acceptors (Lipinski definition) is 3. The molecular weight excluding hydrogens is 202 g/mol. The van der Waals surface area contributed by atoms with E-state index in [9.17, 15) is 0 Å². The van der Waals surface area contributed by atoms with Crippen LogP contribution in [0, 0.1) is 0 Å². The van der Waals surface area contributed by atoms with Gasteiger partial charge in [-0.3, -0.25) is 0 Å². The fraction of sp³-hybridized carbons (Fsp3) is 0.538. The lowest BCUT2D eigenvalue weighted by molar-refractivity contribution is 0.171. The number of likely N-dealkylation sites (tertiary alicyclic amines) is 1. The van der Waals surface area contributed by atoms with Gasteiger partial charge in [0.2, 0.25) is 6.79 Å². The second-order valence-electron chi connectivity index (χ2n) is 4.67. The minimum Gasteiger partial charge on any atom is -0.454 e. The highest BCUT2D eigenvalue weighted by atomic mass is 16.7. The zero-order valence-electron chi connectivity index (χ0n) is 9.61. The maximum Gasteiger partial charge on any atom is 0.231 e. The van der Waals surface area contributed by atoms with Crippen LogP contribution in [0.5, 0.6) is 11.5 Å². The van der Waals surface area contributed by atoms with Crippen molar-refractivity contribution < 1.29 is 9.47 Å². The van der Waals surface area contributed by atoms with Crippen LogP contribution in [0.15, 0.2) is 18.2 Å². The zero-order chi connectivity index (χ0) is 11.0. The van der Waals surface area contributed by atoms with Crippen molar-refractivity contribution in [1.29, 1.82) is 0 Å². The average molecular weight is 219 g/mol. The van der Waals surface area contributed by atoms with Gasteiger partial charge in [0.15, 0.2) is 11.5 Å². The molecule has 0 aromatic heterocycles. The molecule has 16 heavy (non-hydrogen) atoms. The molecule has 86 valence electrons. The highest BCUT2D eigenvalue weighted by Gasteiger charge is 2.19. The molecule has 2 aliphatic rings. The summed E-state index contributed by atoms with van der Waals surface area (Å²) in [5.74, 6) is 2.34. The molecule has 0 N–H and O–H groups in total. The van der Waals surface area contributed by atoms with Crippen LogP contribution in [0.1, 0.15) is 24.8 Å². The summed E-state index contributed by atoms with van der Waals surface area (Å²) in [4.78, 5) is 2.50. The first kappa shape index (κ1) is 9.97. The minimum absolute atomic E-state index is 0.360. The summed E-state index contributed by atoms with van der Waals surface area (Å²) >= 11 is 0. The molecule has 0 aliphatic carbocycles. The zero-order valence-corrected chi connectivity index (χ0v) is 9.61. The van der Waals surface area contributed by atoms with Crippen LogP contribution < -0.4 is 9.47 Å². The molecule has 1 fully saturated rings. The Morgan fingerprint density at radius 3 is 2.81 bits per heavy atom. The van der Waals surface area contributed by atoms with Crippen LogP contribution in [0.25, 0.3) is 0 Å². The monoisotopic (exact) mass is 219 g/mol. The van der Waals surface area contributed by atoms with E-state index in [0.717, 1.165) is 18.0 Å². The maximum absolute atomic E-state index is 5.40. The molecule has 1 saturated heterocycles. The lowest BCUT2D eigenvalue weighted by Crippen LogP contribution is -2.39. The van der Waals surface area contributed by atoms with Crippen molar-refractivity contribution in [1.82, 2.24) is 4.90 Å². The van der Waals surface area contributed by atoms with E-state index in [1.807, 2.05) is 6.07 Å². The molecule has 2 heterocycles. The molecule has 1 aromatic carbocycles. The summed E-state index contributed by atoms with van der Waals surface area (Å²) in [5.41, 5.74) is 1.34. The molecule has 3 nitrogen and oxygen atoms in total. The minimum atomic E-state index is 0.360. The topological polar surface area (TPSA) is 21.7 Å². The molecule has 0 bridgehead atoms. The van der Waals surface area contributed by atoms with Gasteiger partial charge in [-0.15, -0.1) is 0 Å². The summed E-state index contributed by atoms with van der Waals surface area (Å²) in [7, 11) is 0. The normalized spacial score (nSPS) is 20.6. The number of ether oxygens (including phenoxy) is 2. The standard InChI is InChI=1S/C13H17NO2/c1-10(8-14-5-2-6-14)11-3-4-12-13(7-11)16-9-15-12/h3-4,7,10H,2,5-6,8-9H2,1H3/t10-/m0/s1. The van der Waals surface area contributed by atoms with E-state index >= 15 is 0 Å². The van der Waals surface area contributed by atoms with E-state index in [4.69, 9.17) is 9.47 Å². The van der Waals surface area contributed by atoms with Gasteiger partial charge in [-0.1, -0.05) is 13.0 Å². The number of benzene rings is 1. The van der Waals surface area contributed by atoms with Crippen molar-refractivity contribution in [2.45, 2.75) is 19.3 Å². The first-order valence-corrected chi connectivity index (χ1v) is 5.95. The summed E-state index contributed by atoms with van der Waals surface area (Å²) in [6, 6.07) is 6.29. The predicted molar refractivity (Wildman–Crippen MR) is 62.0 cm³/mol. The van der Waals surface area contributed by atoms with Crippen LogP contribution in [0.3, 0.4) is 0 Å². The van der Waals surface area contributed by atoms with Gasteiger partial charge in [-0.2, -0.15) is 0 Å². The van der Waals surface area contributed by atoms with Gasteiger partial charge in [-0.25, -0.2) is 0 Å². The molecule has 0 spiro atoms. The number of fused-ring (bicyclic) bond motifs is 1. The molecule has 2 aliphatic heterocycles. The van der Waals surface area contributed by atoms with Crippen molar-refractivity contribution in [3.63, 3.8) is 0 Å². The Morgan fingerprint density at radius 2 is 2.06 bits per heavy atom. The molecule has 1 aromatic rings. The van der Waals surface area contributed by atoms with E-state index in [1.165, 1.54) is 25.1 Å². The van der Waals surface area contributed by atoms with Gasteiger partial charge in [0.1, 0.15) is 0 Å². The van der Waals surface area contributed by atoms with Gasteiger partial charge in [0, 0.05) is 6.54 Å². The fourth-order valence-electron chi connectivity index (χ4n) is 2.28. The van der Waals surface area contributed by atoms with Crippen molar-refractivity contribution in [2.75, 3.05) is 26.4 Å². The number of nitrogens with zero attached hydrogens (tertiary/aromatic N) is 1. The fourth-order valence-corrected chi connectivity index (χ4v) is 2.28. The Kier molecular flexibility index (Phi) is 2.48. The first-order valence-electron chi connectivity index (χ1n) is 5.95. The van der Waals surface area contributed by atoms with E-state index in [-0.39, 0.29) is 0 Å². The molecule has 0 saturated carbocycles. The number of hydrogen-bond donors (Lipinski definition) is 0. The van der Waals surface area contributed by atoms with Crippen molar-refractivity contribution >= 4 is 0 Å². The van der Waals surface area contributed by atoms with E-state index in [2.05, 4.69) is 24.0 Å². The lowest BCUT2D eigenvalue weighted by atomic mass is 9.99. The molecule has 1 atom stereocenters. The predicted octanol–water partition coefficient (Wildman–Crippen LogP) is 2.22. The third-order valence-corrected chi connectivity index (χ3v) is 3.45. The van der Waals surface area contributed by atoms with Crippen LogP contribution in [0.4, 0.5) is 0 Å². The summed E-state index contributed by atoms with van der Waals surface area (Å²) in [6.07, 6.45) is 1.36. The Labute approximate surface area is 96.0 Å². The highest BCUT2D eigenvalue weighted by Crippen LogP contribution is 2.34. The Bertz CT molecular complexity index is 388. The van der Waals surface area contributed by atoms with Crippen LogP contribution in [0.2, 0.25) is 0 Å². The van der Waals surface area contributed by atoms with Crippen LogP contribution in [-0.2, 0) is 0 Å². The molecule has 3 rings (SSSR count). The van der Waals surface area contributed by atoms with Crippen molar-refractivity contribution in [2.24, 2.45) is 0 Å². The smallest absolute Gasteiger partial charge is 0.231 e. The molecule has 3 heteroatoms. The number of rotatable bonds is 3. The van der Waals surface area contributed by atoms with E-state index < -0.39 is 0 Å². The summed E-state index contributed by atoms with van der Waals surface area (Å²) in [5, 5.41) is 0. The Morgan fingerprint density at radius 1 is 1.25 bits per heavy atom. The third kappa shape index (κ3) is 1.76. The van der Waals surface area contributed by atoms with Crippen molar-refractivity contribution in [3.8, 4) is 11.5 Å². The maximum atomic E-state index is 5.40. The molecule has 0 unspecified atom stereocenters. The molecule has 0 amide bonds. The van der Waals surface area contributed by atoms with Gasteiger partial charge in [-0.05, 0) is 43.1 Å². The second kappa shape index (κ2) is 3.98. The molecule has 0 radical (unpaired) electrons. The van der Waals surface area contributed by atoms with Gasteiger partial charge in [0.25, 0.3) is 0 Å². The largest absolute Gasteiger partial charge is 0.454 e. The SMILES string of the molecule is C[C@@H](CN1CCC1)c1ccc2c(c1)OCO2. The third-order valence-electron chi connectivity index (χ3n) is 3.45. The van der Waals surface area contributed by atoms with E-state index in [0.29, 0.717) is 12.7 Å². The Balaban J connectivity index is 1.72. The van der Waals surface area contributed by atoms with Gasteiger partial charge < -0.3 is 14.4 Å². The molecular formula is C13H17NO2. The van der Waals surface area contributed by atoms with Crippen LogP contribution in [-0.4, -0.2) is 31.3 Å². The summed E-state index contributed by atoms with van der Waals surface area (Å²) < 4.78 is 10.7. The first-order chi connectivity index (χ1) is 7.83. The van der Waals surface area contributed by atoms with Crippen molar-refractivity contribution in [3.05, 3.63) is 23.8 Å². The average Bonchev–Trinajstić information content (AvgIpc) is 2.69. The quantitative estimate of drug-likeness (QED) is 0.778. The Hall–Kier alpha value is -1.22. The lowest BCUT2D eigenvalue weighted by Gasteiger charge is -2.33. The highest BCUT2D eigenvalue weighted by molar-refractivity contribution is 5.45. The van der Waals surface area contributed by atoms with Gasteiger partial charge in [0.05, 0.1) is 0 Å². The van der Waals surface area contributed by atoms with Crippen LogP contribution >= 0.6 is 0 Å². The van der Waals surface area contributed by atoms with Gasteiger partial charge >= 0.3 is 0 Å². The van der Waals surface area contributed by atoms with E-state index in [1.54, 1.807) is 0 Å². The second-order valence-corrected chi connectivity index (χ2v) is 4.67. The summed E-state index contributed by atoms with van der Waals surface area (Å²) in [6.45, 7) is 6.30.